The Hall–Kier alpha value is -1.65. The molecule has 0 aromatic rings. The van der Waals surface area contributed by atoms with Crippen LogP contribution in [0, 0.1) is 11.8 Å². The van der Waals surface area contributed by atoms with Crippen LogP contribution in [0.2, 0.25) is 0 Å². The molecule has 2 unspecified atom stereocenters. The normalized spacial score (nSPS) is 23.5. The third-order valence-electron chi connectivity index (χ3n) is 4.82. The number of Topliss-reactive ketones (excluding diaryl/α,β-unsaturated/α-hetero) is 2. The molecule has 136 valence electrons. The van der Waals surface area contributed by atoms with Crippen molar-refractivity contribution in [2.45, 2.75) is 79.4 Å². The Bertz CT molecular complexity index is 520. The number of rotatable bonds is 8. The van der Waals surface area contributed by atoms with E-state index >= 15 is 0 Å². The quantitative estimate of drug-likeness (QED) is 0.632. The Labute approximate surface area is 144 Å². The van der Waals surface area contributed by atoms with Gasteiger partial charge in [-0.1, -0.05) is 34.6 Å². The molecular formula is C19H30O5. The summed E-state index contributed by atoms with van der Waals surface area (Å²) in [5.74, 6) is -0.258. The molecule has 0 aromatic heterocycles. The number of allylic oxidation sites excluding steroid dienone is 2. The molecule has 0 amide bonds. The highest BCUT2D eigenvalue weighted by Gasteiger charge is 2.38. The minimum atomic E-state index is -0.568. The van der Waals surface area contributed by atoms with Gasteiger partial charge in [0, 0.05) is 31.3 Å². The van der Waals surface area contributed by atoms with Crippen LogP contribution in [-0.2, 0) is 23.9 Å². The summed E-state index contributed by atoms with van der Waals surface area (Å²) in [6.45, 7) is 10.8. The largest absolute Gasteiger partial charge is 0.493 e. The van der Waals surface area contributed by atoms with Crippen LogP contribution in [0.3, 0.4) is 0 Å². The maximum Gasteiger partial charge on any atom is 0.305 e. The van der Waals surface area contributed by atoms with Gasteiger partial charge >= 0.3 is 5.97 Å². The van der Waals surface area contributed by atoms with E-state index in [4.69, 9.17) is 9.47 Å². The van der Waals surface area contributed by atoms with Gasteiger partial charge in [0.25, 0.3) is 0 Å². The number of carbonyl (C=O) groups is 3. The molecule has 0 radical (unpaired) electrons. The zero-order valence-electron chi connectivity index (χ0n) is 15.7. The lowest BCUT2D eigenvalue weighted by Crippen LogP contribution is -2.40. The standard InChI is InChI=1S/C19H30O5/c1-7-14(20)11(4)16(24-18(21)9-3)10-17-13(6)19(22)12(5)15(8-2)23-17/h11,13,16-17H,7-10H2,1-6H3/t11?,13-,16?,17-/m1/s1. The summed E-state index contributed by atoms with van der Waals surface area (Å²) in [5.41, 5.74) is 0.668. The molecule has 0 saturated heterocycles. The minimum Gasteiger partial charge on any atom is -0.493 e. The first-order chi connectivity index (χ1) is 11.3. The second kappa shape index (κ2) is 9.00. The maximum absolute atomic E-state index is 12.4. The van der Waals surface area contributed by atoms with Gasteiger partial charge in [0.1, 0.15) is 23.8 Å². The van der Waals surface area contributed by atoms with Gasteiger partial charge in [-0.05, 0) is 6.92 Å². The highest BCUT2D eigenvalue weighted by atomic mass is 16.5. The van der Waals surface area contributed by atoms with Crippen molar-refractivity contribution >= 4 is 17.5 Å². The Balaban J connectivity index is 2.98. The summed E-state index contributed by atoms with van der Waals surface area (Å²) in [6.07, 6.45) is 0.689. The van der Waals surface area contributed by atoms with Gasteiger partial charge < -0.3 is 9.47 Å². The zero-order valence-corrected chi connectivity index (χ0v) is 15.7. The molecule has 5 heteroatoms. The molecule has 0 fully saturated rings. The Morgan fingerprint density at radius 3 is 2.33 bits per heavy atom. The number of hydrogen-bond acceptors (Lipinski definition) is 5. The second-order valence-corrected chi connectivity index (χ2v) is 6.44. The summed E-state index contributed by atoms with van der Waals surface area (Å²) in [4.78, 5) is 36.2. The highest BCUT2D eigenvalue weighted by Crippen LogP contribution is 2.31. The van der Waals surface area contributed by atoms with E-state index in [0.717, 1.165) is 0 Å². The van der Waals surface area contributed by atoms with Crippen LogP contribution in [0.4, 0.5) is 0 Å². The Morgan fingerprint density at radius 2 is 1.83 bits per heavy atom. The molecule has 24 heavy (non-hydrogen) atoms. The molecule has 0 saturated carbocycles. The molecule has 0 spiro atoms. The fraction of sp³-hybridized carbons (Fsp3) is 0.737. The van der Waals surface area contributed by atoms with Crippen LogP contribution < -0.4 is 0 Å². The van der Waals surface area contributed by atoms with Crippen molar-refractivity contribution in [3.05, 3.63) is 11.3 Å². The van der Waals surface area contributed by atoms with Crippen molar-refractivity contribution in [2.24, 2.45) is 11.8 Å². The molecule has 5 nitrogen and oxygen atoms in total. The van der Waals surface area contributed by atoms with E-state index in [2.05, 4.69) is 0 Å². The molecule has 1 rings (SSSR count). The monoisotopic (exact) mass is 338 g/mol. The van der Waals surface area contributed by atoms with Gasteiger partial charge in [-0.3, -0.25) is 14.4 Å². The van der Waals surface area contributed by atoms with E-state index in [1.165, 1.54) is 0 Å². The SMILES string of the molecule is CCC(=O)OC(C[C@H]1OC(CC)=C(C)C(=O)[C@@H]1C)C(C)C(=O)CC. The predicted octanol–water partition coefficient (Wildman–Crippen LogP) is 3.60. The van der Waals surface area contributed by atoms with Gasteiger partial charge in [-0.15, -0.1) is 0 Å². The van der Waals surface area contributed by atoms with E-state index in [1.54, 1.807) is 27.7 Å². The number of esters is 1. The van der Waals surface area contributed by atoms with Crippen molar-refractivity contribution in [2.75, 3.05) is 0 Å². The van der Waals surface area contributed by atoms with Crippen molar-refractivity contribution < 1.29 is 23.9 Å². The summed E-state index contributed by atoms with van der Waals surface area (Å²) in [5, 5.41) is 0. The molecule has 1 heterocycles. The van der Waals surface area contributed by atoms with Gasteiger partial charge in [0.15, 0.2) is 5.78 Å². The first-order valence-electron chi connectivity index (χ1n) is 8.89. The van der Waals surface area contributed by atoms with Crippen molar-refractivity contribution in [3.8, 4) is 0 Å². The molecule has 1 aliphatic rings. The molecule has 0 aliphatic carbocycles. The average molecular weight is 338 g/mol. The van der Waals surface area contributed by atoms with E-state index in [-0.39, 0.29) is 36.0 Å². The average Bonchev–Trinajstić information content (AvgIpc) is 2.59. The summed E-state index contributed by atoms with van der Waals surface area (Å²) >= 11 is 0. The maximum atomic E-state index is 12.4. The topological polar surface area (TPSA) is 69.7 Å². The van der Waals surface area contributed by atoms with Crippen LogP contribution >= 0.6 is 0 Å². The number of carbonyl (C=O) groups excluding carboxylic acids is 3. The van der Waals surface area contributed by atoms with Gasteiger partial charge in [0.2, 0.25) is 0 Å². The lowest BCUT2D eigenvalue weighted by Gasteiger charge is -2.34. The van der Waals surface area contributed by atoms with Gasteiger partial charge in [-0.2, -0.15) is 0 Å². The number of ketones is 2. The first kappa shape index (κ1) is 20.4. The van der Waals surface area contributed by atoms with E-state index in [1.807, 2.05) is 13.8 Å². The minimum absolute atomic E-state index is 0.0427. The summed E-state index contributed by atoms with van der Waals surface area (Å²) in [6, 6.07) is 0. The summed E-state index contributed by atoms with van der Waals surface area (Å²) in [7, 11) is 0. The smallest absolute Gasteiger partial charge is 0.305 e. The van der Waals surface area contributed by atoms with Crippen molar-refractivity contribution in [1.29, 1.82) is 0 Å². The molecular weight excluding hydrogens is 308 g/mol. The lowest BCUT2D eigenvalue weighted by molar-refractivity contribution is -0.155. The molecule has 0 bridgehead atoms. The highest BCUT2D eigenvalue weighted by molar-refractivity contribution is 5.97. The van der Waals surface area contributed by atoms with E-state index in [9.17, 15) is 14.4 Å². The van der Waals surface area contributed by atoms with Crippen LogP contribution in [0.1, 0.15) is 67.2 Å². The Kier molecular flexibility index (Phi) is 7.64. The zero-order chi connectivity index (χ0) is 18.4. The van der Waals surface area contributed by atoms with Crippen LogP contribution in [0.25, 0.3) is 0 Å². The van der Waals surface area contributed by atoms with Crippen molar-refractivity contribution in [3.63, 3.8) is 0 Å². The van der Waals surface area contributed by atoms with Crippen molar-refractivity contribution in [1.82, 2.24) is 0 Å². The Morgan fingerprint density at radius 1 is 1.21 bits per heavy atom. The molecule has 0 aromatic carbocycles. The van der Waals surface area contributed by atoms with E-state index < -0.39 is 12.0 Å². The first-order valence-corrected chi connectivity index (χ1v) is 8.89. The molecule has 4 atom stereocenters. The number of hydrogen-bond donors (Lipinski definition) is 0. The van der Waals surface area contributed by atoms with Gasteiger partial charge in [0.05, 0.1) is 11.8 Å². The number of ether oxygens (including phenoxy) is 2. The lowest BCUT2D eigenvalue weighted by atomic mass is 9.85. The van der Waals surface area contributed by atoms with Gasteiger partial charge in [-0.25, -0.2) is 0 Å². The van der Waals surface area contributed by atoms with Crippen LogP contribution in [0.5, 0.6) is 0 Å². The third kappa shape index (κ3) is 4.68. The molecule has 0 N–H and O–H groups in total. The van der Waals surface area contributed by atoms with E-state index in [0.29, 0.717) is 30.6 Å². The fourth-order valence-electron chi connectivity index (χ4n) is 2.99. The van der Waals surface area contributed by atoms with Crippen LogP contribution in [0.15, 0.2) is 11.3 Å². The second-order valence-electron chi connectivity index (χ2n) is 6.44. The molecule has 1 aliphatic heterocycles. The summed E-state index contributed by atoms with van der Waals surface area (Å²) < 4.78 is 11.5. The predicted molar refractivity (Wildman–Crippen MR) is 91.3 cm³/mol. The van der Waals surface area contributed by atoms with Crippen LogP contribution in [-0.4, -0.2) is 29.7 Å². The fourth-order valence-corrected chi connectivity index (χ4v) is 2.99. The third-order valence-corrected chi connectivity index (χ3v) is 4.82.